The molecule has 0 aliphatic carbocycles. The third-order valence-electron chi connectivity index (χ3n) is 6.30. The Morgan fingerprint density at radius 1 is 1.12 bits per heavy atom. The number of anilines is 2. The number of benzene rings is 1. The van der Waals surface area contributed by atoms with E-state index in [1.807, 2.05) is 17.9 Å². The van der Waals surface area contributed by atoms with E-state index >= 15 is 4.39 Å². The molecule has 0 amide bonds. The monoisotopic (exact) mass is 465 g/mol. The standard InChI is InChI=1S/C24H25F2N7O/c1-3-16-24(34)31-21-17(29-16)5-4-15(19(21)25)13-32-8-10-33(11-9-32)18-12-14-6-7-28-23(27-2)20(14)30-22(18)26/h4-7,12H,3,8-11,13H2,1-2H3,(H,27,28)(H,31,34). The molecule has 2 N–H and O–H groups in total. The molecule has 1 aliphatic heterocycles. The summed E-state index contributed by atoms with van der Waals surface area (Å²) in [5.41, 5.74) is 2.06. The van der Waals surface area contributed by atoms with Crippen molar-refractivity contribution in [3.8, 4) is 0 Å². The molecule has 4 aromatic rings. The summed E-state index contributed by atoms with van der Waals surface area (Å²) in [7, 11) is 1.73. The zero-order valence-corrected chi connectivity index (χ0v) is 19.0. The molecule has 0 spiro atoms. The van der Waals surface area contributed by atoms with Crippen LogP contribution in [-0.2, 0) is 13.0 Å². The van der Waals surface area contributed by atoms with Crippen LogP contribution in [-0.4, -0.2) is 58.1 Å². The first-order chi connectivity index (χ1) is 16.5. The Labute approximate surface area is 194 Å². The lowest BCUT2D eigenvalue weighted by atomic mass is 10.1. The Bertz CT molecular complexity index is 1430. The lowest BCUT2D eigenvalue weighted by Gasteiger charge is -2.36. The van der Waals surface area contributed by atoms with Gasteiger partial charge in [0.2, 0.25) is 5.95 Å². The summed E-state index contributed by atoms with van der Waals surface area (Å²) >= 11 is 0. The van der Waals surface area contributed by atoms with Crippen LogP contribution in [0.25, 0.3) is 21.9 Å². The number of aromatic amines is 1. The molecule has 0 atom stereocenters. The fourth-order valence-electron chi connectivity index (χ4n) is 4.42. The SMILES string of the molecule is CCc1nc2ccc(CN3CCN(c4cc5ccnc(NC)c5nc4F)CC3)c(F)c2[nH]c1=O. The molecule has 3 aromatic heterocycles. The lowest BCUT2D eigenvalue weighted by molar-refractivity contribution is 0.246. The zero-order valence-electron chi connectivity index (χ0n) is 19.0. The van der Waals surface area contributed by atoms with Crippen molar-refractivity contribution < 1.29 is 8.78 Å². The van der Waals surface area contributed by atoms with Crippen LogP contribution in [0.2, 0.25) is 0 Å². The van der Waals surface area contributed by atoms with E-state index in [0.29, 0.717) is 72.9 Å². The molecule has 34 heavy (non-hydrogen) atoms. The first-order valence-electron chi connectivity index (χ1n) is 11.3. The van der Waals surface area contributed by atoms with Crippen LogP contribution in [0.5, 0.6) is 0 Å². The summed E-state index contributed by atoms with van der Waals surface area (Å²) in [5.74, 6) is -0.451. The van der Waals surface area contributed by atoms with Crippen molar-refractivity contribution in [3.05, 3.63) is 63.8 Å². The van der Waals surface area contributed by atoms with Gasteiger partial charge in [-0.1, -0.05) is 13.0 Å². The highest BCUT2D eigenvalue weighted by Crippen LogP contribution is 2.27. The van der Waals surface area contributed by atoms with Gasteiger partial charge in [0.25, 0.3) is 5.56 Å². The van der Waals surface area contributed by atoms with Crippen molar-refractivity contribution in [1.82, 2.24) is 24.8 Å². The minimum Gasteiger partial charge on any atom is -0.371 e. The predicted molar refractivity (Wildman–Crippen MR) is 128 cm³/mol. The largest absolute Gasteiger partial charge is 0.371 e. The molecule has 1 aromatic carbocycles. The second-order valence-electron chi connectivity index (χ2n) is 8.34. The Morgan fingerprint density at radius 3 is 2.65 bits per heavy atom. The summed E-state index contributed by atoms with van der Waals surface area (Å²) < 4.78 is 30.0. The average molecular weight is 466 g/mol. The summed E-state index contributed by atoms with van der Waals surface area (Å²) in [4.78, 5) is 31.4. The minimum absolute atomic E-state index is 0.137. The van der Waals surface area contributed by atoms with Crippen LogP contribution in [0.15, 0.2) is 35.3 Å². The Kier molecular flexibility index (Phi) is 5.82. The molecule has 176 valence electrons. The second kappa shape index (κ2) is 8.94. The number of pyridine rings is 2. The van der Waals surface area contributed by atoms with E-state index in [4.69, 9.17) is 0 Å². The first-order valence-corrected chi connectivity index (χ1v) is 11.3. The number of hydrogen-bond acceptors (Lipinski definition) is 7. The van der Waals surface area contributed by atoms with Crippen molar-refractivity contribution in [2.24, 2.45) is 0 Å². The van der Waals surface area contributed by atoms with Gasteiger partial charge in [0.1, 0.15) is 16.7 Å². The van der Waals surface area contributed by atoms with Crippen molar-refractivity contribution in [2.75, 3.05) is 43.4 Å². The first kappa shape index (κ1) is 22.1. The van der Waals surface area contributed by atoms with Gasteiger partial charge in [-0.05, 0) is 24.6 Å². The third-order valence-corrected chi connectivity index (χ3v) is 6.30. The molecule has 1 fully saturated rings. The maximum absolute atomic E-state index is 15.1. The fourth-order valence-corrected chi connectivity index (χ4v) is 4.42. The summed E-state index contributed by atoms with van der Waals surface area (Å²) in [6.07, 6.45) is 2.15. The average Bonchev–Trinajstić information content (AvgIpc) is 2.85. The van der Waals surface area contributed by atoms with Gasteiger partial charge in [0.15, 0.2) is 11.6 Å². The van der Waals surface area contributed by atoms with Gasteiger partial charge < -0.3 is 15.2 Å². The minimum atomic E-state index is -0.533. The number of nitrogens with one attached hydrogen (secondary N) is 2. The summed E-state index contributed by atoms with van der Waals surface area (Å²) in [5, 5.41) is 3.75. The highest BCUT2D eigenvalue weighted by Gasteiger charge is 2.23. The topological polar surface area (TPSA) is 90.0 Å². The Balaban J connectivity index is 1.32. The van der Waals surface area contributed by atoms with Gasteiger partial charge >= 0.3 is 0 Å². The number of piperazine rings is 1. The number of aryl methyl sites for hydroxylation is 1. The van der Waals surface area contributed by atoms with Crippen LogP contribution in [0.1, 0.15) is 18.2 Å². The van der Waals surface area contributed by atoms with Crippen molar-refractivity contribution >= 4 is 33.4 Å². The maximum atomic E-state index is 15.1. The molecule has 5 rings (SSSR count). The van der Waals surface area contributed by atoms with Gasteiger partial charge in [-0.15, -0.1) is 0 Å². The van der Waals surface area contributed by atoms with E-state index in [0.717, 1.165) is 5.39 Å². The van der Waals surface area contributed by atoms with E-state index < -0.39 is 11.8 Å². The molecular formula is C24H25F2N7O. The summed E-state index contributed by atoms with van der Waals surface area (Å²) in [6, 6.07) is 7.07. The molecule has 4 heterocycles. The highest BCUT2D eigenvalue weighted by molar-refractivity contribution is 5.90. The number of fused-ring (bicyclic) bond motifs is 2. The lowest BCUT2D eigenvalue weighted by Crippen LogP contribution is -2.46. The van der Waals surface area contributed by atoms with Crippen LogP contribution in [0.3, 0.4) is 0 Å². The molecule has 0 saturated carbocycles. The van der Waals surface area contributed by atoms with Crippen LogP contribution in [0, 0.1) is 11.8 Å². The van der Waals surface area contributed by atoms with Gasteiger partial charge in [-0.2, -0.15) is 4.39 Å². The fraction of sp³-hybridized carbons (Fsp3) is 0.333. The normalized spacial score (nSPS) is 14.8. The zero-order chi connectivity index (χ0) is 23.8. The number of rotatable bonds is 5. The number of halogens is 2. The quantitative estimate of drug-likeness (QED) is 0.438. The smallest absolute Gasteiger partial charge is 0.270 e. The predicted octanol–water partition coefficient (Wildman–Crippen LogP) is 3.07. The van der Waals surface area contributed by atoms with Crippen molar-refractivity contribution in [2.45, 2.75) is 19.9 Å². The van der Waals surface area contributed by atoms with E-state index in [9.17, 15) is 9.18 Å². The maximum Gasteiger partial charge on any atom is 0.270 e. The van der Waals surface area contributed by atoms with Gasteiger partial charge in [-0.25, -0.2) is 19.3 Å². The number of hydrogen-bond donors (Lipinski definition) is 2. The molecule has 0 bridgehead atoms. The number of H-pyrrole nitrogens is 1. The molecule has 1 saturated heterocycles. The van der Waals surface area contributed by atoms with Crippen molar-refractivity contribution in [1.29, 1.82) is 0 Å². The van der Waals surface area contributed by atoms with E-state index in [1.165, 1.54) is 0 Å². The van der Waals surface area contributed by atoms with Gasteiger partial charge in [0, 0.05) is 56.9 Å². The molecule has 1 aliphatic rings. The third kappa shape index (κ3) is 3.94. The van der Waals surface area contributed by atoms with Crippen molar-refractivity contribution in [3.63, 3.8) is 0 Å². The molecule has 0 radical (unpaired) electrons. The van der Waals surface area contributed by atoms with Gasteiger partial charge in [0.05, 0.1) is 11.2 Å². The second-order valence-corrected chi connectivity index (χ2v) is 8.34. The molecule has 10 heteroatoms. The number of aromatic nitrogens is 4. The van der Waals surface area contributed by atoms with Crippen LogP contribution >= 0.6 is 0 Å². The summed E-state index contributed by atoms with van der Waals surface area (Å²) in [6.45, 7) is 4.67. The van der Waals surface area contributed by atoms with Crippen LogP contribution < -0.4 is 15.8 Å². The number of nitrogens with zero attached hydrogens (tertiary/aromatic N) is 5. The molecule has 0 unspecified atom stereocenters. The highest BCUT2D eigenvalue weighted by atomic mass is 19.1. The van der Waals surface area contributed by atoms with Crippen LogP contribution in [0.4, 0.5) is 20.3 Å². The molecular weight excluding hydrogens is 440 g/mol. The van der Waals surface area contributed by atoms with Gasteiger partial charge in [-0.3, -0.25) is 9.69 Å². The van der Waals surface area contributed by atoms with E-state index in [2.05, 4.69) is 30.2 Å². The Hall–Kier alpha value is -3.66. The molecule has 8 nitrogen and oxygen atoms in total. The van der Waals surface area contributed by atoms with E-state index in [1.54, 1.807) is 31.4 Å². The Morgan fingerprint density at radius 2 is 1.91 bits per heavy atom. The van der Waals surface area contributed by atoms with E-state index in [-0.39, 0.29) is 11.1 Å².